The lowest BCUT2D eigenvalue weighted by molar-refractivity contribution is 0.0909. The van der Waals surface area contributed by atoms with E-state index in [2.05, 4.69) is 81.0 Å². The third kappa shape index (κ3) is 5.85. The van der Waals surface area contributed by atoms with Crippen molar-refractivity contribution in [2.24, 2.45) is 7.05 Å². The predicted octanol–water partition coefficient (Wildman–Crippen LogP) is 5.95. The Balaban J connectivity index is 1.15. The zero-order valence-corrected chi connectivity index (χ0v) is 25.0. The first-order valence-corrected chi connectivity index (χ1v) is 15.4. The van der Waals surface area contributed by atoms with Crippen molar-refractivity contribution >= 4 is 39.1 Å². The Hall–Kier alpha value is -4.27. The van der Waals surface area contributed by atoms with Crippen molar-refractivity contribution in [3.8, 4) is 11.3 Å². The minimum absolute atomic E-state index is 0.0101. The summed E-state index contributed by atoms with van der Waals surface area (Å²) in [4.78, 5) is 27.4. The number of nitrogens with zero attached hydrogens (tertiary/aromatic N) is 5. The number of likely N-dealkylation sites (tertiary alicyclic amines) is 2. The van der Waals surface area contributed by atoms with Crippen LogP contribution in [0.2, 0.25) is 0 Å². The standard InChI is InChI=1S/C35H39N7O/c1-40-17-12-28(13-18-40)38-35(43)34-20-26-19-25(7-10-33(26)41(34)2)31-21-32(29-22-36-14-11-30(29)39-31)37-27-8-5-24(6-9-27)23-42-15-3-4-16-42/h5-11,14,19-22,28H,3-4,12-13,15-18,23H2,1-2H3,(H,37,39)(H,38,43). The molecule has 220 valence electrons. The average Bonchev–Trinajstić information content (AvgIpc) is 3.66. The topological polar surface area (TPSA) is 78.3 Å². The molecule has 2 aliphatic heterocycles. The third-order valence-corrected chi connectivity index (χ3v) is 9.07. The summed E-state index contributed by atoms with van der Waals surface area (Å²) in [6, 6.07) is 21.3. The Morgan fingerprint density at radius 2 is 1.72 bits per heavy atom. The van der Waals surface area contributed by atoms with Crippen molar-refractivity contribution in [2.75, 3.05) is 38.5 Å². The van der Waals surface area contributed by atoms with Crippen molar-refractivity contribution in [1.29, 1.82) is 0 Å². The van der Waals surface area contributed by atoms with E-state index in [1.54, 1.807) is 6.20 Å². The lowest BCUT2D eigenvalue weighted by Crippen LogP contribution is -2.43. The Bertz CT molecular complexity index is 1760. The molecular formula is C35H39N7O. The summed E-state index contributed by atoms with van der Waals surface area (Å²) in [6.45, 7) is 5.43. The van der Waals surface area contributed by atoms with E-state index in [0.29, 0.717) is 5.69 Å². The van der Waals surface area contributed by atoms with Gasteiger partial charge in [-0.15, -0.1) is 0 Å². The van der Waals surface area contributed by atoms with Crippen LogP contribution in [-0.2, 0) is 13.6 Å². The van der Waals surface area contributed by atoms with Gasteiger partial charge in [0.1, 0.15) is 5.69 Å². The van der Waals surface area contributed by atoms with Gasteiger partial charge in [0, 0.05) is 59.6 Å². The van der Waals surface area contributed by atoms with Crippen LogP contribution in [0.25, 0.3) is 33.1 Å². The van der Waals surface area contributed by atoms with Gasteiger partial charge in [0.05, 0.1) is 16.9 Å². The summed E-state index contributed by atoms with van der Waals surface area (Å²) in [6.07, 6.45) is 8.23. The molecule has 8 heteroatoms. The molecule has 43 heavy (non-hydrogen) atoms. The van der Waals surface area contributed by atoms with Gasteiger partial charge in [0.15, 0.2) is 0 Å². The van der Waals surface area contributed by atoms with Gasteiger partial charge in [-0.2, -0.15) is 0 Å². The molecule has 0 radical (unpaired) electrons. The fourth-order valence-electron chi connectivity index (χ4n) is 6.51. The molecule has 0 unspecified atom stereocenters. The highest BCUT2D eigenvalue weighted by atomic mass is 16.2. The number of hydrogen-bond donors (Lipinski definition) is 2. The Morgan fingerprint density at radius 1 is 0.930 bits per heavy atom. The van der Waals surface area contributed by atoms with Crippen LogP contribution in [0.1, 0.15) is 41.7 Å². The molecule has 0 bridgehead atoms. The monoisotopic (exact) mass is 573 g/mol. The molecule has 7 rings (SSSR count). The molecule has 2 aliphatic rings. The number of aromatic nitrogens is 3. The molecule has 5 aromatic rings. The number of nitrogens with one attached hydrogen (secondary N) is 2. The van der Waals surface area contributed by atoms with Gasteiger partial charge >= 0.3 is 0 Å². The van der Waals surface area contributed by atoms with Gasteiger partial charge in [-0.25, -0.2) is 4.98 Å². The van der Waals surface area contributed by atoms with E-state index in [0.717, 1.165) is 76.9 Å². The van der Waals surface area contributed by atoms with Crippen molar-refractivity contribution in [1.82, 2.24) is 29.7 Å². The zero-order valence-electron chi connectivity index (χ0n) is 25.0. The predicted molar refractivity (Wildman–Crippen MR) is 174 cm³/mol. The minimum atomic E-state index is -0.0101. The number of fused-ring (bicyclic) bond motifs is 2. The maximum atomic E-state index is 13.2. The number of carbonyl (C=O) groups is 1. The molecule has 8 nitrogen and oxygen atoms in total. The molecule has 1 amide bonds. The molecule has 2 fully saturated rings. The number of piperidine rings is 1. The second-order valence-corrected chi connectivity index (χ2v) is 12.2. The summed E-state index contributed by atoms with van der Waals surface area (Å²) in [7, 11) is 4.10. The molecule has 0 saturated carbocycles. The van der Waals surface area contributed by atoms with Gasteiger partial charge in [-0.3, -0.25) is 14.7 Å². The van der Waals surface area contributed by atoms with Gasteiger partial charge in [0.2, 0.25) is 0 Å². The number of pyridine rings is 2. The summed E-state index contributed by atoms with van der Waals surface area (Å²) < 4.78 is 1.99. The van der Waals surface area contributed by atoms with Crippen LogP contribution >= 0.6 is 0 Å². The second kappa shape index (κ2) is 11.8. The molecule has 3 aromatic heterocycles. The van der Waals surface area contributed by atoms with Gasteiger partial charge in [0.25, 0.3) is 5.91 Å². The number of aryl methyl sites for hydroxylation is 1. The number of carbonyl (C=O) groups excluding carboxylic acids is 1. The van der Waals surface area contributed by atoms with E-state index in [1.165, 1.54) is 31.5 Å². The molecule has 2 aromatic carbocycles. The van der Waals surface area contributed by atoms with E-state index in [-0.39, 0.29) is 11.9 Å². The first kappa shape index (κ1) is 27.6. The number of hydrogen-bond acceptors (Lipinski definition) is 6. The Kier molecular flexibility index (Phi) is 7.55. The maximum absolute atomic E-state index is 13.2. The van der Waals surface area contributed by atoms with E-state index in [9.17, 15) is 4.79 Å². The first-order valence-electron chi connectivity index (χ1n) is 15.4. The molecule has 2 N–H and O–H groups in total. The van der Waals surface area contributed by atoms with Crippen molar-refractivity contribution in [3.05, 3.63) is 84.3 Å². The molecule has 5 heterocycles. The summed E-state index contributed by atoms with van der Waals surface area (Å²) >= 11 is 0. The van der Waals surface area contributed by atoms with Crippen molar-refractivity contribution in [2.45, 2.75) is 38.3 Å². The summed E-state index contributed by atoms with van der Waals surface area (Å²) in [5.41, 5.74) is 7.79. The largest absolute Gasteiger partial charge is 0.355 e. The van der Waals surface area contributed by atoms with Crippen LogP contribution in [0.5, 0.6) is 0 Å². The fourth-order valence-corrected chi connectivity index (χ4v) is 6.51. The fraction of sp³-hybridized carbons (Fsp3) is 0.343. The van der Waals surface area contributed by atoms with Gasteiger partial charge < -0.3 is 20.1 Å². The Labute approximate surface area is 252 Å². The van der Waals surface area contributed by atoms with Gasteiger partial charge in [-0.1, -0.05) is 18.2 Å². The van der Waals surface area contributed by atoms with Crippen molar-refractivity contribution in [3.63, 3.8) is 0 Å². The molecular weight excluding hydrogens is 534 g/mol. The normalized spacial score (nSPS) is 16.7. The lowest BCUT2D eigenvalue weighted by Gasteiger charge is -2.29. The quantitative estimate of drug-likeness (QED) is 0.251. The summed E-state index contributed by atoms with van der Waals surface area (Å²) in [5.74, 6) is -0.0101. The van der Waals surface area contributed by atoms with Crippen LogP contribution in [0, 0.1) is 0 Å². The van der Waals surface area contributed by atoms with Crippen LogP contribution in [-0.4, -0.2) is 69.5 Å². The number of benzene rings is 2. The van der Waals surface area contributed by atoms with E-state index < -0.39 is 0 Å². The first-order chi connectivity index (χ1) is 21.0. The average molecular weight is 574 g/mol. The smallest absolute Gasteiger partial charge is 0.268 e. The minimum Gasteiger partial charge on any atom is -0.355 e. The van der Waals surface area contributed by atoms with Crippen LogP contribution in [0.4, 0.5) is 11.4 Å². The third-order valence-electron chi connectivity index (χ3n) is 9.07. The highest BCUT2D eigenvalue weighted by Crippen LogP contribution is 2.32. The molecule has 0 atom stereocenters. The number of anilines is 2. The van der Waals surface area contributed by atoms with E-state index in [4.69, 9.17) is 4.98 Å². The lowest BCUT2D eigenvalue weighted by atomic mass is 10.1. The molecule has 2 saturated heterocycles. The molecule has 0 spiro atoms. The van der Waals surface area contributed by atoms with Crippen LogP contribution < -0.4 is 10.6 Å². The van der Waals surface area contributed by atoms with Crippen LogP contribution in [0.15, 0.2) is 73.1 Å². The highest BCUT2D eigenvalue weighted by Gasteiger charge is 2.21. The Morgan fingerprint density at radius 3 is 2.51 bits per heavy atom. The molecule has 0 aliphatic carbocycles. The van der Waals surface area contributed by atoms with Crippen molar-refractivity contribution < 1.29 is 4.79 Å². The maximum Gasteiger partial charge on any atom is 0.268 e. The van der Waals surface area contributed by atoms with E-state index >= 15 is 0 Å². The van der Waals surface area contributed by atoms with Gasteiger partial charge in [-0.05, 0) is 107 Å². The summed E-state index contributed by atoms with van der Waals surface area (Å²) in [5, 5.41) is 8.89. The zero-order chi connectivity index (χ0) is 29.3. The highest BCUT2D eigenvalue weighted by molar-refractivity contribution is 6.00. The second-order valence-electron chi connectivity index (χ2n) is 12.2. The van der Waals surface area contributed by atoms with E-state index in [1.807, 2.05) is 29.9 Å². The number of amides is 1. The number of rotatable bonds is 7. The SMILES string of the molecule is CN1CCC(NC(=O)c2cc3cc(-c4cc(Nc5ccc(CN6CCCC6)cc5)c5cnccc5n4)ccc3n2C)CC1. The van der Waals surface area contributed by atoms with Crippen LogP contribution in [0.3, 0.4) is 0 Å².